The first-order chi connectivity index (χ1) is 11.1. The highest BCUT2D eigenvalue weighted by molar-refractivity contribution is 6.08. The summed E-state index contributed by atoms with van der Waals surface area (Å²) in [5.74, 6) is -0.0727. The number of likely N-dealkylation sites (N-methyl/N-ethyl adjacent to an activating group) is 1. The lowest BCUT2D eigenvalue weighted by molar-refractivity contribution is -0.124. The summed E-state index contributed by atoms with van der Waals surface area (Å²) in [4.78, 5) is 25.2. The highest BCUT2D eigenvalue weighted by atomic mass is 16.2. The zero-order valence-corrected chi connectivity index (χ0v) is 13.5. The Morgan fingerprint density at radius 3 is 2.70 bits per heavy atom. The van der Waals surface area contributed by atoms with Gasteiger partial charge < -0.3 is 9.88 Å². The minimum Gasteiger partial charge on any atom is -0.355 e. The fourth-order valence-electron chi connectivity index (χ4n) is 3.09. The van der Waals surface area contributed by atoms with Crippen LogP contribution in [0.4, 0.5) is 0 Å². The fraction of sp³-hybridized carbons (Fsp3) is 0.353. The van der Waals surface area contributed by atoms with Crippen LogP contribution in [0, 0.1) is 0 Å². The Morgan fingerprint density at radius 1 is 1.26 bits per heavy atom. The lowest BCUT2D eigenvalue weighted by atomic mass is 10.2. The molecule has 0 aliphatic heterocycles. The van der Waals surface area contributed by atoms with Crippen LogP contribution in [0.25, 0.3) is 21.8 Å². The van der Waals surface area contributed by atoms with Crippen molar-refractivity contribution >= 4 is 27.7 Å². The third-order valence-corrected chi connectivity index (χ3v) is 4.16. The second-order valence-corrected chi connectivity index (χ2v) is 5.54. The summed E-state index contributed by atoms with van der Waals surface area (Å²) in [5.41, 5.74) is 1.22. The molecule has 2 aromatic heterocycles. The van der Waals surface area contributed by atoms with Crippen LogP contribution in [0.15, 0.2) is 35.3 Å². The molecule has 0 unspecified atom stereocenters. The van der Waals surface area contributed by atoms with Gasteiger partial charge in [-0.2, -0.15) is 5.10 Å². The van der Waals surface area contributed by atoms with E-state index in [2.05, 4.69) is 10.4 Å². The van der Waals surface area contributed by atoms with Gasteiger partial charge in [0.1, 0.15) is 11.6 Å². The second kappa shape index (κ2) is 5.87. The molecule has 1 N–H and O–H groups in total. The number of carbonyl (C=O) groups excluding carboxylic acids is 1. The first-order valence-corrected chi connectivity index (χ1v) is 7.82. The Labute approximate surface area is 133 Å². The van der Waals surface area contributed by atoms with Gasteiger partial charge in [0.25, 0.3) is 5.56 Å². The molecule has 120 valence electrons. The number of aromatic nitrogens is 3. The molecule has 1 amide bonds. The zero-order valence-electron chi connectivity index (χ0n) is 13.5. The summed E-state index contributed by atoms with van der Waals surface area (Å²) < 4.78 is 3.17. The number of carbonyl (C=O) groups is 1. The third kappa shape index (κ3) is 2.30. The van der Waals surface area contributed by atoms with Gasteiger partial charge in [-0.1, -0.05) is 25.1 Å². The molecular formula is C17H20N4O2. The van der Waals surface area contributed by atoms with E-state index < -0.39 is 6.04 Å². The summed E-state index contributed by atoms with van der Waals surface area (Å²) in [5, 5.41) is 8.71. The number of para-hydroxylation sites is 1. The number of hydrogen-bond donors (Lipinski definition) is 1. The normalized spacial score (nSPS) is 12.7. The van der Waals surface area contributed by atoms with Crippen LogP contribution in [0.1, 0.15) is 26.3 Å². The SMILES string of the molecule is CCNC(=O)[C@H](CC)n1c2ccccc2c2cnn(C)c(=O)c21. The number of nitrogens with zero attached hydrogens (tertiary/aromatic N) is 3. The largest absolute Gasteiger partial charge is 0.355 e. The van der Waals surface area contributed by atoms with Gasteiger partial charge in [0.05, 0.1) is 11.7 Å². The van der Waals surface area contributed by atoms with E-state index in [9.17, 15) is 9.59 Å². The molecule has 3 aromatic rings. The Morgan fingerprint density at radius 2 is 2.00 bits per heavy atom. The number of nitrogens with one attached hydrogen (secondary N) is 1. The van der Waals surface area contributed by atoms with Crippen molar-refractivity contribution in [2.24, 2.45) is 7.05 Å². The molecule has 0 aliphatic rings. The average Bonchev–Trinajstić information content (AvgIpc) is 2.88. The molecular weight excluding hydrogens is 292 g/mol. The Kier molecular flexibility index (Phi) is 3.90. The summed E-state index contributed by atoms with van der Waals surface area (Å²) >= 11 is 0. The molecule has 3 rings (SSSR count). The van der Waals surface area contributed by atoms with Gasteiger partial charge in [-0.3, -0.25) is 9.59 Å². The quantitative estimate of drug-likeness (QED) is 0.801. The maximum Gasteiger partial charge on any atom is 0.291 e. The smallest absolute Gasteiger partial charge is 0.291 e. The lowest BCUT2D eigenvalue weighted by Gasteiger charge is -2.18. The van der Waals surface area contributed by atoms with Gasteiger partial charge in [-0.15, -0.1) is 0 Å². The molecule has 1 atom stereocenters. The number of rotatable bonds is 4. The minimum absolute atomic E-state index is 0.0727. The van der Waals surface area contributed by atoms with Crippen LogP contribution in [0.5, 0.6) is 0 Å². The van der Waals surface area contributed by atoms with Gasteiger partial charge in [-0.05, 0) is 19.4 Å². The van der Waals surface area contributed by atoms with Gasteiger partial charge in [0, 0.05) is 24.4 Å². The molecule has 0 aliphatic carbocycles. The standard InChI is InChI=1S/C17H20N4O2/c1-4-13(16(22)18-5-2)21-14-9-7-6-8-11(14)12-10-19-20(3)17(23)15(12)21/h6-10,13H,4-5H2,1-3H3,(H,18,22)/t13-/m0/s1. The molecule has 6 heteroatoms. The molecule has 2 heterocycles. The first kappa shape index (κ1) is 15.3. The predicted molar refractivity (Wildman–Crippen MR) is 90.5 cm³/mol. The van der Waals surface area contributed by atoms with Gasteiger partial charge in [-0.25, -0.2) is 4.68 Å². The third-order valence-electron chi connectivity index (χ3n) is 4.16. The molecule has 6 nitrogen and oxygen atoms in total. The predicted octanol–water partition coefficient (Wildman–Crippen LogP) is 1.98. The molecule has 0 fully saturated rings. The maximum atomic E-state index is 12.7. The van der Waals surface area contributed by atoms with Crippen molar-refractivity contribution < 1.29 is 4.79 Å². The molecule has 1 aromatic carbocycles. The van der Waals surface area contributed by atoms with Crippen LogP contribution >= 0.6 is 0 Å². The highest BCUT2D eigenvalue weighted by Crippen LogP contribution is 2.30. The van der Waals surface area contributed by atoms with Gasteiger partial charge in [0.15, 0.2) is 0 Å². The number of aryl methyl sites for hydroxylation is 1. The van der Waals surface area contributed by atoms with Crippen molar-refractivity contribution in [3.63, 3.8) is 0 Å². The highest BCUT2D eigenvalue weighted by Gasteiger charge is 2.24. The number of amides is 1. The van der Waals surface area contributed by atoms with Crippen molar-refractivity contribution in [3.8, 4) is 0 Å². The molecule has 0 radical (unpaired) electrons. The lowest BCUT2D eigenvalue weighted by Crippen LogP contribution is -2.33. The summed E-state index contributed by atoms with van der Waals surface area (Å²) in [6, 6.07) is 7.32. The Balaban J connectivity index is 2.43. The van der Waals surface area contributed by atoms with E-state index in [0.29, 0.717) is 18.5 Å². The Hall–Kier alpha value is -2.63. The van der Waals surface area contributed by atoms with E-state index in [1.807, 2.05) is 42.7 Å². The van der Waals surface area contributed by atoms with E-state index in [1.165, 1.54) is 4.68 Å². The van der Waals surface area contributed by atoms with Crippen LogP contribution in [-0.2, 0) is 11.8 Å². The summed E-state index contributed by atoms with van der Waals surface area (Å²) in [6.07, 6.45) is 2.30. The molecule has 0 spiro atoms. The maximum absolute atomic E-state index is 12.7. The van der Waals surface area contributed by atoms with Crippen molar-refractivity contribution in [1.29, 1.82) is 0 Å². The van der Waals surface area contributed by atoms with Gasteiger partial charge >= 0.3 is 0 Å². The van der Waals surface area contributed by atoms with Crippen LogP contribution < -0.4 is 10.9 Å². The van der Waals surface area contributed by atoms with E-state index in [-0.39, 0.29) is 11.5 Å². The van der Waals surface area contributed by atoms with Crippen molar-refractivity contribution in [2.45, 2.75) is 26.3 Å². The zero-order chi connectivity index (χ0) is 16.6. The van der Waals surface area contributed by atoms with Crippen molar-refractivity contribution in [2.75, 3.05) is 6.54 Å². The van der Waals surface area contributed by atoms with E-state index in [4.69, 9.17) is 0 Å². The number of hydrogen-bond acceptors (Lipinski definition) is 3. The van der Waals surface area contributed by atoms with Gasteiger partial charge in [0.2, 0.25) is 5.91 Å². The van der Waals surface area contributed by atoms with Crippen molar-refractivity contribution in [3.05, 3.63) is 40.8 Å². The van der Waals surface area contributed by atoms with Crippen LogP contribution in [0.3, 0.4) is 0 Å². The molecule has 23 heavy (non-hydrogen) atoms. The van der Waals surface area contributed by atoms with E-state index in [1.54, 1.807) is 13.2 Å². The average molecular weight is 312 g/mol. The van der Waals surface area contributed by atoms with Crippen LogP contribution in [-0.4, -0.2) is 26.8 Å². The van der Waals surface area contributed by atoms with E-state index >= 15 is 0 Å². The minimum atomic E-state index is -0.424. The topological polar surface area (TPSA) is 68.9 Å². The van der Waals surface area contributed by atoms with Crippen molar-refractivity contribution in [1.82, 2.24) is 19.7 Å². The summed E-state index contributed by atoms with van der Waals surface area (Å²) in [6.45, 7) is 4.40. The van der Waals surface area contributed by atoms with Crippen LogP contribution in [0.2, 0.25) is 0 Å². The van der Waals surface area contributed by atoms with E-state index in [0.717, 1.165) is 16.3 Å². The number of fused-ring (bicyclic) bond motifs is 3. The molecule has 0 bridgehead atoms. The fourth-order valence-corrected chi connectivity index (χ4v) is 3.09. The molecule has 0 saturated carbocycles. The Bertz CT molecular complexity index is 939. The first-order valence-electron chi connectivity index (χ1n) is 7.82. The number of benzene rings is 1. The molecule has 0 saturated heterocycles. The second-order valence-electron chi connectivity index (χ2n) is 5.54. The summed E-state index contributed by atoms with van der Waals surface area (Å²) in [7, 11) is 1.62. The monoisotopic (exact) mass is 312 g/mol.